The minimum atomic E-state index is 0.00854. The van der Waals surface area contributed by atoms with Crippen molar-refractivity contribution < 1.29 is 5.11 Å². The monoisotopic (exact) mass is 412 g/mol. The average molecular weight is 413 g/mol. The van der Waals surface area contributed by atoms with Gasteiger partial charge in [-0.1, -0.05) is 45.0 Å². The molecular formula is C26H24N2OS. The Bertz CT molecular complexity index is 1340. The predicted octanol–water partition coefficient (Wildman–Crippen LogP) is 6.56. The standard InChI is InChI=1S/C26H24N2OS/c1-26(2,3)21-13-17(12-16-6-4-5-7-18(16)21)25-20(14-27-15-28-25)24-19-10-11-30-23(19)9-8-22(24)29/h4-14,28-29H,15H2,1-3H3. The van der Waals surface area contributed by atoms with Crippen LogP contribution < -0.4 is 5.32 Å². The second-order valence-corrected chi connectivity index (χ2v) is 9.67. The van der Waals surface area contributed by atoms with Gasteiger partial charge in [0.15, 0.2) is 0 Å². The normalized spacial score (nSPS) is 14.5. The molecule has 4 aromatic rings. The van der Waals surface area contributed by atoms with E-state index in [9.17, 15) is 5.11 Å². The predicted molar refractivity (Wildman–Crippen MR) is 129 cm³/mol. The first-order valence-corrected chi connectivity index (χ1v) is 11.0. The lowest BCUT2D eigenvalue weighted by molar-refractivity contribution is 0.475. The molecule has 4 heteroatoms. The molecule has 150 valence electrons. The number of nitrogens with one attached hydrogen (secondary N) is 1. The molecule has 0 atom stereocenters. The lowest BCUT2D eigenvalue weighted by Crippen LogP contribution is -2.20. The molecule has 0 bridgehead atoms. The van der Waals surface area contributed by atoms with Crippen molar-refractivity contribution >= 4 is 49.7 Å². The Morgan fingerprint density at radius 1 is 1.00 bits per heavy atom. The van der Waals surface area contributed by atoms with Gasteiger partial charge in [0.25, 0.3) is 0 Å². The van der Waals surface area contributed by atoms with E-state index in [1.165, 1.54) is 16.3 Å². The molecule has 1 aromatic heterocycles. The van der Waals surface area contributed by atoms with Crippen LogP contribution in [0.2, 0.25) is 0 Å². The molecule has 5 rings (SSSR count). The molecular weight excluding hydrogens is 388 g/mol. The molecule has 0 unspecified atom stereocenters. The van der Waals surface area contributed by atoms with Crippen LogP contribution in [0.3, 0.4) is 0 Å². The van der Waals surface area contributed by atoms with E-state index in [0.29, 0.717) is 6.67 Å². The van der Waals surface area contributed by atoms with Crippen molar-refractivity contribution in [1.29, 1.82) is 0 Å². The molecule has 0 spiro atoms. The van der Waals surface area contributed by atoms with Crippen molar-refractivity contribution in [2.45, 2.75) is 26.2 Å². The number of hydrogen-bond acceptors (Lipinski definition) is 4. The van der Waals surface area contributed by atoms with E-state index in [-0.39, 0.29) is 11.2 Å². The van der Waals surface area contributed by atoms with E-state index in [1.807, 2.05) is 12.3 Å². The number of fused-ring (bicyclic) bond motifs is 2. The number of aromatic hydroxyl groups is 1. The van der Waals surface area contributed by atoms with E-state index >= 15 is 0 Å². The van der Waals surface area contributed by atoms with Gasteiger partial charge < -0.3 is 10.4 Å². The summed E-state index contributed by atoms with van der Waals surface area (Å²) in [5.41, 5.74) is 5.21. The summed E-state index contributed by atoms with van der Waals surface area (Å²) < 4.78 is 1.16. The summed E-state index contributed by atoms with van der Waals surface area (Å²) in [7, 11) is 0. The maximum Gasteiger partial charge on any atom is 0.124 e. The van der Waals surface area contributed by atoms with Gasteiger partial charge in [-0.3, -0.25) is 4.99 Å². The zero-order valence-electron chi connectivity index (χ0n) is 17.4. The maximum atomic E-state index is 10.8. The summed E-state index contributed by atoms with van der Waals surface area (Å²) >= 11 is 1.68. The highest BCUT2D eigenvalue weighted by Crippen LogP contribution is 2.40. The molecule has 2 N–H and O–H groups in total. The number of rotatable bonds is 2. The molecule has 0 saturated heterocycles. The third-order valence-electron chi connectivity index (χ3n) is 5.68. The van der Waals surface area contributed by atoms with Gasteiger partial charge in [0.2, 0.25) is 0 Å². The van der Waals surface area contributed by atoms with Gasteiger partial charge in [0.05, 0.1) is 5.70 Å². The second kappa shape index (κ2) is 6.99. The fourth-order valence-electron chi connectivity index (χ4n) is 4.26. The largest absolute Gasteiger partial charge is 0.507 e. The van der Waals surface area contributed by atoms with Crippen molar-refractivity contribution in [1.82, 2.24) is 5.32 Å². The van der Waals surface area contributed by atoms with Gasteiger partial charge in [0.1, 0.15) is 12.4 Å². The third kappa shape index (κ3) is 3.08. The van der Waals surface area contributed by atoms with Crippen molar-refractivity contribution in [2.75, 3.05) is 6.67 Å². The van der Waals surface area contributed by atoms with Crippen molar-refractivity contribution in [3.63, 3.8) is 0 Å². The summed E-state index contributed by atoms with van der Waals surface area (Å²) in [6, 6.07) is 18.9. The average Bonchev–Trinajstić information content (AvgIpc) is 3.21. The molecule has 1 aliphatic rings. The Labute approximate surface area is 180 Å². The number of nitrogens with zero attached hydrogens (tertiary/aromatic N) is 1. The fourth-order valence-corrected chi connectivity index (χ4v) is 5.05. The third-order valence-corrected chi connectivity index (χ3v) is 6.56. The first kappa shape index (κ1) is 18.9. The van der Waals surface area contributed by atoms with Crippen LogP contribution in [0.1, 0.15) is 37.5 Å². The summed E-state index contributed by atoms with van der Waals surface area (Å²) in [6.45, 7) is 7.28. The van der Waals surface area contributed by atoms with Crippen LogP contribution in [0.25, 0.3) is 32.1 Å². The highest BCUT2D eigenvalue weighted by atomic mass is 32.1. The van der Waals surface area contributed by atoms with Crippen LogP contribution in [-0.2, 0) is 5.41 Å². The van der Waals surface area contributed by atoms with Gasteiger partial charge in [0, 0.05) is 27.4 Å². The smallest absolute Gasteiger partial charge is 0.124 e. The van der Waals surface area contributed by atoms with Crippen LogP contribution in [0.5, 0.6) is 5.75 Å². The Kier molecular flexibility index (Phi) is 4.40. The molecule has 0 amide bonds. The number of aliphatic imine (C=N–C) groups is 1. The second-order valence-electron chi connectivity index (χ2n) is 8.72. The first-order valence-electron chi connectivity index (χ1n) is 10.1. The lowest BCUT2D eigenvalue weighted by Gasteiger charge is -2.25. The lowest BCUT2D eigenvalue weighted by atomic mass is 9.82. The maximum absolute atomic E-state index is 10.8. The van der Waals surface area contributed by atoms with Crippen molar-refractivity contribution in [3.8, 4) is 5.75 Å². The van der Waals surface area contributed by atoms with Gasteiger partial charge in [-0.05, 0) is 63.0 Å². The highest BCUT2D eigenvalue weighted by Gasteiger charge is 2.22. The zero-order valence-corrected chi connectivity index (χ0v) is 18.2. The van der Waals surface area contributed by atoms with E-state index in [4.69, 9.17) is 0 Å². The molecule has 0 fully saturated rings. The minimum absolute atomic E-state index is 0.00854. The Morgan fingerprint density at radius 3 is 2.67 bits per heavy atom. The van der Waals surface area contributed by atoms with Crippen molar-refractivity contribution in [3.05, 3.63) is 76.7 Å². The number of phenols is 1. The van der Waals surface area contributed by atoms with Crippen LogP contribution in [0, 0.1) is 0 Å². The number of thiophene rings is 1. The molecule has 0 aliphatic carbocycles. The number of allylic oxidation sites excluding steroid dienone is 1. The zero-order chi connectivity index (χ0) is 20.9. The van der Waals surface area contributed by atoms with Crippen LogP contribution in [0.15, 0.2) is 65.0 Å². The summed E-state index contributed by atoms with van der Waals surface area (Å²) in [4.78, 5) is 4.47. The molecule has 3 aromatic carbocycles. The van der Waals surface area contributed by atoms with E-state index < -0.39 is 0 Å². The van der Waals surface area contributed by atoms with E-state index in [1.54, 1.807) is 17.4 Å². The fraction of sp³-hybridized carbons (Fsp3) is 0.192. The van der Waals surface area contributed by atoms with E-state index in [2.05, 4.69) is 78.9 Å². The van der Waals surface area contributed by atoms with Gasteiger partial charge in [-0.25, -0.2) is 0 Å². The Hall–Kier alpha value is -3.11. The first-order chi connectivity index (χ1) is 14.4. The highest BCUT2D eigenvalue weighted by molar-refractivity contribution is 7.17. The topological polar surface area (TPSA) is 44.6 Å². The molecule has 1 aliphatic heterocycles. The number of phenolic OH excluding ortho intramolecular Hbond substituents is 1. The molecule has 2 heterocycles. The molecule has 0 saturated carbocycles. The summed E-state index contributed by atoms with van der Waals surface area (Å²) in [6.07, 6.45) is 1.89. The van der Waals surface area contributed by atoms with Crippen LogP contribution >= 0.6 is 11.3 Å². The minimum Gasteiger partial charge on any atom is -0.507 e. The molecule has 30 heavy (non-hydrogen) atoms. The van der Waals surface area contributed by atoms with Gasteiger partial charge >= 0.3 is 0 Å². The SMILES string of the molecule is CC(C)(C)c1cc(C2=C(c3c(O)ccc4sccc34)C=NCN2)cc2ccccc12. The summed E-state index contributed by atoms with van der Waals surface area (Å²) in [5.74, 6) is 0.278. The molecule has 3 nitrogen and oxygen atoms in total. The van der Waals surface area contributed by atoms with Gasteiger partial charge in [-0.2, -0.15) is 0 Å². The van der Waals surface area contributed by atoms with Gasteiger partial charge in [-0.15, -0.1) is 11.3 Å². The quantitative estimate of drug-likeness (QED) is 0.392. The number of benzene rings is 3. The Morgan fingerprint density at radius 2 is 1.83 bits per heavy atom. The number of hydrogen-bond donors (Lipinski definition) is 2. The molecule has 0 radical (unpaired) electrons. The summed E-state index contributed by atoms with van der Waals surface area (Å²) in [5, 5.41) is 19.9. The van der Waals surface area contributed by atoms with E-state index in [0.717, 1.165) is 32.5 Å². The van der Waals surface area contributed by atoms with Crippen LogP contribution in [0.4, 0.5) is 0 Å². The van der Waals surface area contributed by atoms with Crippen molar-refractivity contribution in [2.24, 2.45) is 4.99 Å². The van der Waals surface area contributed by atoms with Crippen LogP contribution in [-0.4, -0.2) is 18.0 Å². The Balaban J connectivity index is 1.83.